The topological polar surface area (TPSA) is 44.9 Å². The largest absolute Gasteiger partial charge is 0.326 e. The summed E-state index contributed by atoms with van der Waals surface area (Å²) in [7, 11) is 1.84. The van der Waals surface area contributed by atoms with Crippen LogP contribution in [0.5, 0.6) is 0 Å². The molecule has 78 valence electrons. The van der Waals surface area contributed by atoms with Crippen molar-refractivity contribution in [1.82, 2.24) is 10.3 Å². The van der Waals surface area contributed by atoms with Gasteiger partial charge in [0, 0.05) is 17.8 Å². The van der Waals surface area contributed by atoms with Crippen LogP contribution in [0.3, 0.4) is 0 Å². The minimum atomic E-state index is 0.0351. The molecule has 1 aromatic rings. The lowest BCUT2D eigenvalue weighted by molar-refractivity contribution is 0.762. The van der Waals surface area contributed by atoms with Gasteiger partial charge in [-0.3, -0.25) is 4.79 Å². The van der Waals surface area contributed by atoms with Gasteiger partial charge in [-0.15, -0.1) is 0 Å². The second-order valence-electron chi connectivity index (χ2n) is 3.47. The van der Waals surface area contributed by atoms with Gasteiger partial charge in [-0.25, -0.2) is 0 Å². The van der Waals surface area contributed by atoms with Crippen LogP contribution >= 0.6 is 0 Å². The summed E-state index contributed by atoms with van der Waals surface area (Å²) in [6.07, 6.45) is 3.24. The van der Waals surface area contributed by atoms with E-state index in [1.54, 1.807) is 0 Å². The Hall–Kier alpha value is -1.09. The molecule has 2 N–H and O–H groups in total. The van der Waals surface area contributed by atoms with Gasteiger partial charge in [0.05, 0.1) is 0 Å². The van der Waals surface area contributed by atoms with Crippen molar-refractivity contribution in [2.75, 3.05) is 7.05 Å². The molecule has 0 fully saturated rings. The molecule has 0 aliphatic rings. The van der Waals surface area contributed by atoms with Gasteiger partial charge in [0.25, 0.3) is 5.56 Å². The maximum Gasteiger partial charge on any atom is 0.252 e. The third kappa shape index (κ3) is 3.00. The summed E-state index contributed by atoms with van der Waals surface area (Å²) >= 11 is 0. The molecule has 1 aromatic heterocycles. The zero-order chi connectivity index (χ0) is 10.4. The van der Waals surface area contributed by atoms with Crippen molar-refractivity contribution < 1.29 is 0 Å². The lowest BCUT2D eigenvalue weighted by Crippen LogP contribution is -2.19. The highest BCUT2D eigenvalue weighted by Crippen LogP contribution is 2.00. The van der Waals surface area contributed by atoms with Gasteiger partial charge in [0.15, 0.2) is 0 Å². The highest BCUT2D eigenvalue weighted by atomic mass is 16.1. The molecule has 0 aliphatic carbocycles. The Kier molecular flexibility index (Phi) is 4.40. The number of aromatic nitrogens is 1. The molecular formula is C11H18N2O. The molecule has 0 amide bonds. The van der Waals surface area contributed by atoms with Crippen LogP contribution in [0.2, 0.25) is 0 Å². The normalized spacial score (nSPS) is 10.4. The Labute approximate surface area is 84.6 Å². The molecule has 0 unspecified atom stereocenters. The van der Waals surface area contributed by atoms with Gasteiger partial charge in [-0.1, -0.05) is 19.4 Å². The predicted octanol–water partition coefficient (Wildman–Crippen LogP) is 1.44. The Balaban J connectivity index is 2.73. The third-order valence-corrected chi connectivity index (χ3v) is 2.22. The molecule has 3 heteroatoms. The summed E-state index contributed by atoms with van der Waals surface area (Å²) in [6.45, 7) is 2.77. The average molecular weight is 194 g/mol. The van der Waals surface area contributed by atoms with E-state index in [1.807, 2.05) is 19.2 Å². The smallest absolute Gasteiger partial charge is 0.252 e. The third-order valence-electron chi connectivity index (χ3n) is 2.22. The fourth-order valence-electron chi connectivity index (χ4n) is 1.39. The second kappa shape index (κ2) is 5.60. The first kappa shape index (κ1) is 11.0. The predicted molar refractivity (Wildman–Crippen MR) is 58.4 cm³/mol. The summed E-state index contributed by atoms with van der Waals surface area (Å²) in [5.41, 5.74) is 1.87. The molecule has 0 aromatic carbocycles. The Bertz CT molecular complexity index is 330. The van der Waals surface area contributed by atoms with Crippen LogP contribution in [-0.4, -0.2) is 12.0 Å². The summed E-state index contributed by atoms with van der Waals surface area (Å²) in [4.78, 5) is 14.4. The number of aryl methyl sites for hydroxylation is 1. The van der Waals surface area contributed by atoms with Gasteiger partial charge in [0.2, 0.25) is 0 Å². The van der Waals surface area contributed by atoms with Crippen LogP contribution < -0.4 is 10.9 Å². The highest BCUT2D eigenvalue weighted by Gasteiger charge is 1.99. The van der Waals surface area contributed by atoms with Gasteiger partial charge < -0.3 is 10.3 Å². The molecule has 0 atom stereocenters. The number of rotatable bonds is 5. The number of hydrogen-bond acceptors (Lipinski definition) is 2. The van der Waals surface area contributed by atoms with Crippen molar-refractivity contribution in [2.24, 2.45) is 0 Å². The molecule has 1 rings (SSSR count). The van der Waals surface area contributed by atoms with Gasteiger partial charge in [-0.2, -0.15) is 0 Å². The Morgan fingerprint density at radius 1 is 1.43 bits per heavy atom. The Morgan fingerprint density at radius 2 is 2.21 bits per heavy atom. The molecule has 1 heterocycles. The van der Waals surface area contributed by atoms with Crippen molar-refractivity contribution in [3.63, 3.8) is 0 Å². The molecule has 0 saturated carbocycles. The van der Waals surface area contributed by atoms with E-state index in [1.165, 1.54) is 0 Å². The summed E-state index contributed by atoms with van der Waals surface area (Å²) in [6, 6.07) is 3.91. The molecule has 3 nitrogen and oxygen atoms in total. The van der Waals surface area contributed by atoms with Gasteiger partial charge in [-0.05, 0) is 26.0 Å². The summed E-state index contributed by atoms with van der Waals surface area (Å²) < 4.78 is 0. The van der Waals surface area contributed by atoms with Gasteiger partial charge >= 0.3 is 0 Å². The van der Waals surface area contributed by atoms with E-state index in [4.69, 9.17) is 0 Å². The van der Waals surface area contributed by atoms with Crippen LogP contribution in [0.4, 0.5) is 0 Å². The average Bonchev–Trinajstić information content (AvgIpc) is 2.19. The maximum atomic E-state index is 11.5. The number of nitrogens with one attached hydrogen (secondary N) is 2. The first-order valence-electron chi connectivity index (χ1n) is 5.13. The number of H-pyrrole nitrogens is 1. The molecule has 14 heavy (non-hydrogen) atoms. The fourth-order valence-corrected chi connectivity index (χ4v) is 1.39. The van der Waals surface area contributed by atoms with E-state index in [0.29, 0.717) is 6.54 Å². The van der Waals surface area contributed by atoms with Crippen LogP contribution in [0.1, 0.15) is 31.0 Å². The zero-order valence-corrected chi connectivity index (χ0v) is 8.89. The standard InChI is InChI=1S/C11H18N2O/c1-3-4-5-10-7-6-9(8-12-2)11(14)13-10/h6-7,12H,3-5,8H2,1-2H3,(H,13,14). The van der Waals surface area contributed by atoms with Crippen molar-refractivity contribution in [2.45, 2.75) is 32.7 Å². The molecule has 0 saturated heterocycles. The molecule has 0 spiro atoms. The summed E-state index contributed by atoms with van der Waals surface area (Å²) in [5, 5.41) is 2.97. The quantitative estimate of drug-likeness (QED) is 0.745. The minimum absolute atomic E-state index is 0.0351. The van der Waals surface area contributed by atoms with Crippen LogP contribution in [-0.2, 0) is 13.0 Å². The van der Waals surface area contributed by atoms with E-state index in [9.17, 15) is 4.79 Å². The molecule has 0 bridgehead atoms. The molecular weight excluding hydrogens is 176 g/mol. The van der Waals surface area contributed by atoms with Crippen LogP contribution in [0.15, 0.2) is 16.9 Å². The fraction of sp³-hybridized carbons (Fsp3) is 0.545. The SMILES string of the molecule is CCCCc1ccc(CNC)c(=O)[nH]1. The minimum Gasteiger partial charge on any atom is -0.326 e. The Morgan fingerprint density at radius 3 is 2.79 bits per heavy atom. The highest BCUT2D eigenvalue weighted by molar-refractivity contribution is 5.14. The number of aromatic amines is 1. The van der Waals surface area contributed by atoms with E-state index >= 15 is 0 Å². The van der Waals surface area contributed by atoms with Crippen LogP contribution in [0, 0.1) is 0 Å². The van der Waals surface area contributed by atoms with E-state index in [0.717, 1.165) is 30.5 Å². The van der Waals surface area contributed by atoms with Crippen molar-refractivity contribution in [1.29, 1.82) is 0 Å². The van der Waals surface area contributed by atoms with Crippen LogP contribution in [0.25, 0.3) is 0 Å². The van der Waals surface area contributed by atoms with Gasteiger partial charge in [0.1, 0.15) is 0 Å². The summed E-state index contributed by atoms with van der Waals surface area (Å²) in [5.74, 6) is 0. The maximum absolute atomic E-state index is 11.5. The van der Waals surface area contributed by atoms with E-state index < -0.39 is 0 Å². The number of hydrogen-bond donors (Lipinski definition) is 2. The zero-order valence-electron chi connectivity index (χ0n) is 8.89. The lowest BCUT2D eigenvalue weighted by atomic mass is 10.1. The van der Waals surface area contributed by atoms with Crippen molar-refractivity contribution in [3.8, 4) is 0 Å². The number of pyridine rings is 1. The second-order valence-corrected chi connectivity index (χ2v) is 3.47. The first-order valence-corrected chi connectivity index (χ1v) is 5.13. The number of unbranched alkanes of at least 4 members (excludes halogenated alkanes) is 1. The lowest BCUT2D eigenvalue weighted by Gasteiger charge is -2.02. The van der Waals surface area contributed by atoms with Crippen molar-refractivity contribution in [3.05, 3.63) is 33.7 Å². The van der Waals surface area contributed by atoms with E-state index in [2.05, 4.69) is 17.2 Å². The van der Waals surface area contributed by atoms with E-state index in [-0.39, 0.29) is 5.56 Å². The molecule has 0 radical (unpaired) electrons. The molecule has 0 aliphatic heterocycles. The monoisotopic (exact) mass is 194 g/mol. The van der Waals surface area contributed by atoms with Crippen molar-refractivity contribution >= 4 is 0 Å². The first-order chi connectivity index (χ1) is 6.77.